The van der Waals surface area contributed by atoms with Gasteiger partial charge in [-0.1, -0.05) is 42.5 Å². The summed E-state index contributed by atoms with van der Waals surface area (Å²) in [6, 6.07) is 31.4. The smallest absolute Gasteiger partial charge is 0.130 e. The molecule has 124 valence electrons. The maximum Gasteiger partial charge on any atom is 0.130 e. The van der Waals surface area contributed by atoms with Crippen LogP contribution in [-0.4, -0.2) is 9.55 Å². The van der Waals surface area contributed by atoms with E-state index in [4.69, 9.17) is 0 Å². The van der Waals surface area contributed by atoms with E-state index in [1.54, 1.807) is 6.20 Å². The van der Waals surface area contributed by atoms with Crippen molar-refractivity contribution in [2.45, 2.75) is 0 Å². The van der Waals surface area contributed by atoms with Gasteiger partial charge in [0.15, 0.2) is 0 Å². The fraction of sp³-hybridized carbons (Fsp3) is 0. The van der Waals surface area contributed by atoms with Gasteiger partial charge in [-0.2, -0.15) is 0 Å². The zero-order valence-corrected chi connectivity index (χ0v) is 14.1. The number of rotatable bonds is 3. The van der Waals surface area contributed by atoms with Crippen LogP contribution < -0.4 is 5.32 Å². The van der Waals surface area contributed by atoms with Crippen LogP contribution in [0.5, 0.6) is 0 Å². The summed E-state index contributed by atoms with van der Waals surface area (Å²) in [5.74, 6) is 0.845. The van der Waals surface area contributed by atoms with E-state index in [0.29, 0.717) is 0 Å². The maximum atomic E-state index is 4.31. The van der Waals surface area contributed by atoms with Gasteiger partial charge in [-0.3, -0.25) is 0 Å². The molecule has 0 radical (unpaired) electrons. The summed E-state index contributed by atoms with van der Waals surface area (Å²) in [7, 11) is 0. The van der Waals surface area contributed by atoms with Crippen molar-refractivity contribution in [2.75, 3.05) is 5.32 Å². The molecule has 26 heavy (non-hydrogen) atoms. The Bertz CT molecular complexity index is 1140. The van der Waals surface area contributed by atoms with Crippen molar-refractivity contribution in [1.29, 1.82) is 0 Å². The number of aromatic nitrogens is 2. The molecule has 5 rings (SSSR count). The lowest BCUT2D eigenvalue weighted by atomic mass is 10.2. The topological polar surface area (TPSA) is 29.9 Å². The predicted molar refractivity (Wildman–Crippen MR) is 108 cm³/mol. The highest BCUT2D eigenvalue weighted by molar-refractivity contribution is 6.09. The zero-order valence-electron chi connectivity index (χ0n) is 14.1. The van der Waals surface area contributed by atoms with Gasteiger partial charge in [0.2, 0.25) is 0 Å². The summed E-state index contributed by atoms with van der Waals surface area (Å²) in [5, 5.41) is 5.88. The average Bonchev–Trinajstić information content (AvgIpc) is 3.04. The number of anilines is 2. The van der Waals surface area contributed by atoms with Crippen LogP contribution in [0.4, 0.5) is 11.5 Å². The third-order valence-electron chi connectivity index (χ3n) is 4.64. The minimum absolute atomic E-state index is 0.845. The molecular formula is C23H17N3. The van der Waals surface area contributed by atoms with Crippen molar-refractivity contribution in [3.63, 3.8) is 0 Å². The Morgan fingerprint density at radius 3 is 1.85 bits per heavy atom. The molecule has 0 spiro atoms. The molecule has 0 saturated carbocycles. The fourth-order valence-corrected chi connectivity index (χ4v) is 3.48. The van der Waals surface area contributed by atoms with Crippen molar-refractivity contribution in [2.24, 2.45) is 0 Å². The second-order valence-electron chi connectivity index (χ2n) is 6.26. The van der Waals surface area contributed by atoms with E-state index < -0.39 is 0 Å². The molecular weight excluding hydrogens is 318 g/mol. The predicted octanol–water partition coefficient (Wildman–Crippen LogP) is 5.92. The van der Waals surface area contributed by atoms with Crippen molar-refractivity contribution >= 4 is 33.3 Å². The number of fused-ring (bicyclic) bond motifs is 3. The van der Waals surface area contributed by atoms with Gasteiger partial charge >= 0.3 is 0 Å². The second-order valence-corrected chi connectivity index (χ2v) is 6.26. The monoisotopic (exact) mass is 335 g/mol. The van der Waals surface area contributed by atoms with Crippen LogP contribution in [0, 0.1) is 0 Å². The lowest BCUT2D eigenvalue weighted by Gasteiger charge is -2.10. The van der Waals surface area contributed by atoms with Gasteiger partial charge in [0, 0.05) is 28.3 Å². The van der Waals surface area contributed by atoms with Crippen molar-refractivity contribution < 1.29 is 0 Å². The minimum Gasteiger partial charge on any atom is -0.340 e. The van der Waals surface area contributed by atoms with Gasteiger partial charge in [-0.05, 0) is 48.5 Å². The number of hydrogen-bond acceptors (Lipinski definition) is 2. The van der Waals surface area contributed by atoms with E-state index in [0.717, 1.165) is 17.2 Å². The molecule has 0 aliphatic carbocycles. The molecule has 2 heterocycles. The first-order valence-electron chi connectivity index (χ1n) is 8.67. The molecule has 0 fully saturated rings. The first kappa shape index (κ1) is 14.7. The van der Waals surface area contributed by atoms with Crippen molar-refractivity contribution in [1.82, 2.24) is 9.55 Å². The van der Waals surface area contributed by atoms with E-state index in [-0.39, 0.29) is 0 Å². The first-order chi connectivity index (χ1) is 12.9. The molecule has 0 atom stereocenters. The summed E-state index contributed by atoms with van der Waals surface area (Å²) in [6.07, 6.45) is 1.79. The summed E-state index contributed by atoms with van der Waals surface area (Å²) >= 11 is 0. The van der Waals surface area contributed by atoms with Gasteiger partial charge in [0.05, 0.1) is 11.0 Å². The van der Waals surface area contributed by atoms with Crippen LogP contribution >= 0.6 is 0 Å². The third kappa shape index (κ3) is 2.42. The Morgan fingerprint density at radius 1 is 0.615 bits per heavy atom. The molecule has 0 amide bonds. The van der Waals surface area contributed by atoms with Crippen LogP contribution in [0.1, 0.15) is 0 Å². The van der Waals surface area contributed by atoms with Crippen LogP contribution in [0.25, 0.3) is 27.5 Å². The van der Waals surface area contributed by atoms with E-state index in [1.165, 1.54) is 21.8 Å². The molecule has 0 aliphatic rings. The largest absolute Gasteiger partial charge is 0.340 e. The van der Waals surface area contributed by atoms with Crippen LogP contribution in [0.2, 0.25) is 0 Å². The highest BCUT2D eigenvalue weighted by Crippen LogP contribution is 2.32. The second kappa shape index (κ2) is 6.05. The lowest BCUT2D eigenvalue weighted by molar-refractivity contribution is 1.18. The van der Waals surface area contributed by atoms with Crippen molar-refractivity contribution in [3.8, 4) is 5.69 Å². The normalized spacial score (nSPS) is 11.1. The summed E-state index contributed by atoms with van der Waals surface area (Å²) < 4.78 is 2.31. The zero-order chi connectivity index (χ0) is 17.3. The Balaban J connectivity index is 1.61. The number of nitrogens with zero attached hydrogens (tertiary/aromatic N) is 2. The van der Waals surface area contributed by atoms with Gasteiger partial charge in [0.25, 0.3) is 0 Å². The first-order valence-corrected chi connectivity index (χ1v) is 8.67. The number of benzene rings is 3. The number of nitrogens with one attached hydrogen (secondary N) is 1. The Labute approximate surface area is 151 Å². The molecule has 3 aromatic carbocycles. The number of para-hydroxylation sites is 2. The van der Waals surface area contributed by atoms with Crippen LogP contribution in [0.3, 0.4) is 0 Å². The maximum absolute atomic E-state index is 4.31. The molecule has 1 N–H and O–H groups in total. The van der Waals surface area contributed by atoms with E-state index in [2.05, 4.69) is 87.7 Å². The summed E-state index contributed by atoms with van der Waals surface area (Å²) in [4.78, 5) is 4.31. The standard InChI is InChI=1S/C23H17N3/c1-3-9-21-19(7-1)20-8-2-4-10-22(20)26(21)18-14-12-17(13-15-18)25-23-11-5-6-16-24-23/h1-16H,(H,24,25). The van der Waals surface area contributed by atoms with Crippen LogP contribution in [-0.2, 0) is 0 Å². The fourth-order valence-electron chi connectivity index (χ4n) is 3.48. The highest BCUT2D eigenvalue weighted by Gasteiger charge is 2.10. The van der Waals surface area contributed by atoms with E-state index in [9.17, 15) is 0 Å². The van der Waals surface area contributed by atoms with Crippen molar-refractivity contribution in [3.05, 3.63) is 97.2 Å². The minimum atomic E-state index is 0.845. The number of hydrogen-bond donors (Lipinski definition) is 1. The highest BCUT2D eigenvalue weighted by atomic mass is 15.0. The lowest BCUT2D eigenvalue weighted by Crippen LogP contribution is -1.96. The number of pyridine rings is 1. The molecule has 0 bridgehead atoms. The quantitative estimate of drug-likeness (QED) is 0.443. The third-order valence-corrected chi connectivity index (χ3v) is 4.64. The molecule has 2 aromatic heterocycles. The molecule has 3 heteroatoms. The molecule has 0 unspecified atom stereocenters. The average molecular weight is 335 g/mol. The van der Waals surface area contributed by atoms with Gasteiger partial charge < -0.3 is 9.88 Å². The van der Waals surface area contributed by atoms with E-state index in [1.807, 2.05) is 18.2 Å². The molecule has 5 aromatic rings. The Hall–Kier alpha value is -3.59. The summed E-state index contributed by atoms with van der Waals surface area (Å²) in [5.41, 5.74) is 4.61. The van der Waals surface area contributed by atoms with Gasteiger partial charge in [-0.15, -0.1) is 0 Å². The SMILES string of the molecule is c1ccc(Nc2ccc(-n3c4ccccc4c4ccccc43)cc2)nc1. The molecule has 0 saturated heterocycles. The Morgan fingerprint density at radius 2 is 1.23 bits per heavy atom. The molecule has 3 nitrogen and oxygen atoms in total. The molecule has 0 aliphatic heterocycles. The Kier molecular flexibility index (Phi) is 3.42. The van der Waals surface area contributed by atoms with Gasteiger partial charge in [-0.25, -0.2) is 4.98 Å². The summed E-state index contributed by atoms with van der Waals surface area (Å²) in [6.45, 7) is 0. The van der Waals surface area contributed by atoms with Gasteiger partial charge in [0.1, 0.15) is 5.82 Å². The van der Waals surface area contributed by atoms with E-state index >= 15 is 0 Å². The van der Waals surface area contributed by atoms with Crippen LogP contribution in [0.15, 0.2) is 97.2 Å².